The van der Waals surface area contributed by atoms with Gasteiger partial charge in [-0.2, -0.15) is 0 Å². The van der Waals surface area contributed by atoms with E-state index in [9.17, 15) is 17.6 Å². The third kappa shape index (κ3) is 4.91. The molecule has 1 aliphatic heterocycles. The lowest BCUT2D eigenvalue weighted by Crippen LogP contribution is -2.53. The summed E-state index contributed by atoms with van der Waals surface area (Å²) in [7, 11) is -4.07. The van der Waals surface area contributed by atoms with Gasteiger partial charge >= 0.3 is 6.09 Å². The molecule has 1 aliphatic rings. The molecular formula is C21H26FN3O5S. The van der Waals surface area contributed by atoms with E-state index in [0.29, 0.717) is 11.4 Å². The van der Waals surface area contributed by atoms with Crippen molar-refractivity contribution in [3.63, 3.8) is 0 Å². The molecule has 10 heteroatoms. The lowest BCUT2D eigenvalue weighted by atomic mass is 10.1. The van der Waals surface area contributed by atoms with E-state index in [1.807, 2.05) is 0 Å². The summed E-state index contributed by atoms with van der Waals surface area (Å²) in [4.78, 5) is 12.1. The van der Waals surface area contributed by atoms with Crippen molar-refractivity contribution in [2.45, 2.75) is 50.3 Å². The Hall–Kier alpha value is -2.85. The number of anilines is 2. The SMILES string of the molecule is CC1C(CN)Oc2ccc(NC(=O)OC(C)(C)C)cc2N1S(=O)(=O)c1ccc(F)cc1. The van der Waals surface area contributed by atoms with Crippen molar-refractivity contribution >= 4 is 27.5 Å². The second-order valence-corrected chi connectivity index (χ2v) is 10.0. The van der Waals surface area contributed by atoms with Crippen LogP contribution >= 0.6 is 0 Å². The fourth-order valence-corrected chi connectivity index (χ4v) is 4.92. The van der Waals surface area contributed by atoms with Crippen LogP contribution < -0.4 is 20.1 Å². The summed E-state index contributed by atoms with van der Waals surface area (Å²) < 4.78 is 52.6. The molecule has 0 aromatic heterocycles. The van der Waals surface area contributed by atoms with Crippen LogP contribution in [-0.4, -0.2) is 38.8 Å². The molecule has 0 fully saturated rings. The molecule has 3 rings (SSSR count). The van der Waals surface area contributed by atoms with Crippen LogP contribution in [0.2, 0.25) is 0 Å². The van der Waals surface area contributed by atoms with E-state index in [4.69, 9.17) is 15.2 Å². The van der Waals surface area contributed by atoms with Gasteiger partial charge in [0.15, 0.2) is 0 Å². The van der Waals surface area contributed by atoms with Crippen molar-refractivity contribution in [1.29, 1.82) is 0 Å². The number of hydrogen-bond donors (Lipinski definition) is 2. The normalized spacial score (nSPS) is 18.7. The van der Waals surface area contributed by atoms with Gasteiger partial charge < -0.3 is 15.2 Å². The number of amides is 1. The van der Waals surface area contributed by atoms with E-state index in [1.165, 1.54) is 22.5 Å². The number of nitrogens with zero attached hydrogens (tertiary/aromatic N) is 1. The highest BCUT2D eigenvalue weighted by Crippen LogP contribution is 2.41. The molecule has 2 atom stereocenters. The van der Waals surface area contributed by atoms with E-state index in [-0.39, 0.29) is 17.1 Å². The number of ether oxygens (including phenoxy) is 2. The molecule has 1 amide bonds. The monoisotopic (exact) mass is 451 g/mol. The summed E-state index contributed by atoms with van der Waals surface area (Å²) in [5, 5.41) is 2.60. The fourth-order valence-electron chi connectivity index (χ4n) is 3.23. The zero-order valence-corrected chi connectivity index (χ0v) is 18.6. The standard InChI is InChI=1S/C21H26FN3O5S/c1-13-19(12-23)29-18-10-7-15(24-20(26)30-21(2,3)4)11-17(18)25(13)31(27,28)16-8-5-14(22)6-9-16/h5-11,13,19H,12,23H2,1-4H3,(H,24,26). The zero-order valence-electron chi connectivity index (χ0n) is 17.8. The number of halogens is 1. The van der Waals surface area contributed by atoms with Gasteiger partial charge in [0, 0.05) is 12.2 Å². The molecule has 0 saturated heterocycles. The molecular weight excluding hydrogens is 425 g/mol. The number of carbonyl (C=O) groups is 1. The maximum Gasteiger partial charge on any atom is 0.412 e. The topological polar surface area (TPSA) is 111 Å². The van der Waals surface area contributed by atoms with Gasteiger partial charge in [-0.25, -0.2) is 17.6 Å². The molecule has 3 N–H and O–H groups in total. The molecule has 0 aliphatic carbocycles. The van der Waals surface area contributed by atoms with E-state index >= 15 is 0 Å². The predicted octanol–water partition coefficient (Wildman–Crippen LogP) is 3.48. The zero-order chi connectivity index (χ0) is 23.0. The highest BCUT2D eigenvalue weighted by Gasteiger charge is 2.40. The number of nitrogens with one attached hydrogen (secondary N) is 1. The fraction of sp³-hybridized carbons (Fsp3) is 0.381. The van der Waals surface area contributed by atoms with Gasteiger partial charge in [0.1, 0.15) is 23.3 Å². The van der Waals surface area contributed by atoms with E-state index in [0.717, 1.165) is 12.1 Å². The molecule has 0 saturated carbocycles. The van der Waals surface area contributed by atoms with Gasteiger partial charge in [-0.1, -0.05) is 0 Å². The van der Waals surface area contributed by atoms with Crippen LogP contribution in [0.25, 0.3) is 0 Å². The highest BCUT2D eigenvalue weighted by atomic mass is 32.2. The van der Waals surface area contributed by atoms with Crippen molar-refractivity contribution in [3.8, 4) is 5.75 Å². The van der Waals surface area contributed by atoms with Gasteiger partial charge in [0.25, 0.3) is 10.0 Å². The van der Waals surface area contributed by atoms with Crippen LogP contribution in [0.5, 0.6) is 5.75 Å². The molecule has 2 aromatic carbocycles. The molecule has 168 valence electrons. The predicted molar refractivity (Wildman–Crippen MR) is 115 cm³/mol. The Balaban J connectivity index is 2.04. The van der Waals surface area contributed by atoms with Gasteiger partial charge in [0.05, 0.1) is 16.6 Å². The minimum absolute atomic E-state index is 0.0742. The van der Waals surface area contributed by atoms with Crippen LogP contribution in [0, 0.1) is 5.82 Å². The van der Waals surface area contributed by atoms with Gasteiger partial charge in [-0.15, -0.1) is 0 Å². The molecule has 0 bridgehead atoms. The third-order valence-electron chi connectivity index (χ3n) is 4.63. The first-order chi connectivity index (χ1) is 14.4. The summed E-state index contributed by atoms with van der Waals surface area (Å²) in [6, 6.07) is 8.55. The number of carbonyl (C=O) groups excluding carboxylic acids is 1. The first-order valence-corrected chi connectivity index (χ1v) is 11.2. The molecule has 0 spiro atoms. The second kappa shape index (κ2) is 8.35. The Bertz CT molecular complexity index is 1070. The quantitative estimate of drug-likeness (QED) is 0.736. The molecule has 1 heterocycles. The first kappa shape index (κ1) is 22.8. The van der Waals surface area contributed by atoms with Crippen LogP contribution in [0.15, 0.2) is 47.4 Å². The van der Waals surface area contributed by atoms with E-state index < -0.39 is 39.7 Å². The average Bonchev–Trinajstić information content (AvgIpc) is 2.66. The lowest BCUT2D eigenvalue weighted by Gasteiger charge is -2.40. The van der Waals surface area contributed by atoms with Crippen molar-refractivity contribution in [1.82, 2.24) is 0 Å². The van der Waals surface area contributed by atoms with Crippen molar-refractivity contribution in [2.75, 3.05) is 16.2 Å². The lowest BCUT2D eigenvalue weighted by molar-refractivity contribution is 0.0636. The average molecular weight is 452 g/mol. The Morgan fingerprint density at radius 1 is 1.23 bits per heavy atom. The van der Waals surface area contributed by atoms with Crippen LogP contribution in [0.4, 0.5) is 20.6 Å². The number of sulfonamides is 1. The van der Waals surface area contributed by atoms with Crippen LogP contribution in [-0.2, 0) is 14.8 Å². The van der Waals surface area contributed by atoms with E-state index in [2.05, 4.69) is 5.32 Å². The van der Waals surface area contributed by atoms with Gasteiger partial charge in [-0.05, 0) is 70.2 Å². The summed E-state index contributed by atoms with van der Waals surface area (Å²) in [6.07, 6.45) is -1.27. The minimum Gasteiger partial charge on any atom is -0.485 e. The van der Waals surface area contributed by atoms with Crippen LogP contribution in [0.1, 0.15) is 27.7 Å². The Morgan fingerprint density at radius 2 is 1.87 bits per heavy atom. The number of nitrogens with two attached hydrogens (primary N) is 1. The smallest absolute Gasteiger partial charge is 0.412 e. The summed E-state index contributed by atoms with van der Waals surface area (Å²) in [5.74, 6) is -0.243. The van der Waals surface area contributed by atoms with Crippen LogP contribution in [0.3, 0.4) is 0 Å². The summed E-state index contributed by atoms with van der Waals surface area (Å²) in [5.41, 5.74) is 5.67. The number of hydrogen-bond acceptors (Lipinski definition) is 6. The molecule has 31 heavy (non-hydrogen) atoms. The largest absolute Gasteiger partial charge is 0.485 e. The first-order valence-electron chi connectivity index (χ1n) is 9.73. The maximum atomic E-state index is 13.4. The van der Waals surface area contributed by atoms with E-state index in [1.54, 1.807) is 39.8 Å². The minimum atomic E-state index is -4.07. The Kier molecular flexibility index (Phi) is 6.15. The third-order valence-corrected chi connectivity index (χ3v) is 6.55. The Labute approximate surface area is 181 Å². The highest BCUT2D eigenvalue weighted by molar-refractivity contribution is 7.92. The number of fused-ring (bicyclic) bond motifs is 1. The summed E-state index contributed by atoms with van der Waals surface area (Å²) >= 11 is 0. The molecule has 8 nitrogen and oxygen atoms in total. The molecule has 2 unspecified atom stereocenters. The van der Waals surface area contributed by atoms with Gasteiger partial charge in [0.2, 0.25) is 0 Å². The van der Waals surface area contributed by atoms with Gasteiger partial charge in [-0.3, -0.25) is 9.62 Å². The summed E-state index contributed by atoms with van der Waals surface area (Å²) in [6.45, 7) is 6.97. The number of rotatable bonds is 4. The van der Waals surface area contributed by atoms with Crippen molar-refractivity contribution in [3.05, 3.63) is 48.3 Å². The maximum absolute atomic E-state index is 13.4. The second-order valence-electron chi connectivity index (χ2n) is 8.20. The molecule has 0 radical (unpaired) electrons. The molecule has 2 aromatic rings. The van der Waals surface area contributed by atoms with Crippen molar-refractivity contribution in [2.24, 2.45) is 5.73 Å². The van der Waals surface area contributed by atoms with Crippen molar-refractivity contribution < 1.29 is 27.1 Å². The Morgan fingerprint density at radius 3 is 2.45 bits per heavy atom. The number of benzene rings is 2.